The number of alkyl halides is 3. The van der Waals surface area contributed by atoms with E-state index in [0.717, 1.165) is 0 Å². The number of hydrogen-bond acceptors (Lipinski definition) is 2. The maximum Gasteiger partial charge on any atom is 0.343 e. The molecule has 0 aliphatic rings. The molecule has 0 aromatic heterocycles. The lowest BCUT2D eigenvalue weighted by atomic mass is 10.1. The van der Waals surface area contributed by atoms with Crippen molar-refractivity contribution in [3.8, 4) is 0 Å². The lowest BCUT2D eigenvalue weighted by molar-refractivity contribution is -0.143. The Kier molecular flexibility index (Phi) is 9.19. The van der Waals surface area contributed by atoms with Gasteiger partial charge in [0.2, 0.25) is 6.17 Å². The highest BCUT2D eigenvalue weighted by atomic mass is 19.3. The molecule has 1 aromatic rings. The summed E-state index contributed by atoms with van der Waals surface area (Å²) in [5.41, 5.74) is 0.181. The van der Waals surface area contributed by atoms with Crippen LogP contribution in [-0.2, 0) is 4.79 Å². The average molecular weight is 238 g/mol. The molecule has 0 bridgehead atoms. The molecule has 3 nitrogen and oxygen atoms in total. The molecule has 16 heavy (non-hydrogen) atoms. The largest absolute Gasteiger partial charge is 0.479 e. The molecule has 0 aliphatic carbocycles. The molecule has 0 heterocycles. The number of aliphatic hydroxyl groups is 1. The van der Waals surface area contributed by atoms with Crippen LogP contribution in [0, 0.1) is 0 Å². The molecule has 0 saturated heterocycles. The zero-order chi connectivity index (χ0) is 11.8. The highest BCUT2D eigenvalue weighted by Gasteiger charge is 2.16. The van der Waals surface area contributed by atoms with Gasteiger partial charge < -0.3 is 10.2 Å². The number of carboxylic acid groups (broad SMARTS) is 1. The van der Waals surface area contributed by atoms with Gasteiger partial charge in [-0.05, 0) is 5.56 Å². The molecule has 1 atom stereocenters. The fraction of sp³-hybridized carbons (Fsp3) is 0.300. The summed E-state index contributed by atoms with van der Waals surface area (Å²) in [6.45, 7) is -3.17. The first-order chi connectivity index (χ1) is 6.95. The minimum Gasteiger partial charge on any atom is -0.479 e. The maximum atomic E-state index is 12.7. The first-order valence-electron chi connectivity index (χ1n) is 3.83. The van der Waals surface area contributed by atoms with E-state index in [4.69, 9.17) is 10.2 Å². The van der Waals surface area contributed by atoms with Gasteiger partial charge in [0.15, 0.2) is 0 Å². The van der Waals surface area contributed by atoms with Crippen LogP contribution in [0.4, 0.5) is 13.2 Å². The van der Waals surface area contributed by atoms with Gasteiger partial charge >= 0.3 is 12.6 Å². The van der Waals surface area contributed by atoms with E-state index in [1.54, 1.807) is 18.2 Å². The van der Waals surface area contributed by atoms with Crippen LogP contribution in [0.5, 0.6) is 0 Å². The third-order valence-corrected chi connectivity index (χ3v) is 1.31. The predicted octanol–water partition coefficient (Wildman–Crippen LogP) is 2.62. The Morgan fingerprint density at radius 1 is 1.12 bits per heavy atom. The van der Waals surface area contributed by atoms with Gasteiger partial charge in [0.1, 0.15) is 0 Å². The Morgan fingerprint density at radius 3 is 1.81 bits per heavy atom. The summed E-state index contributed by atoms with van der Waals surface area (Å²) in [5, 5.41) is 15.0. The number of aliphatic carboxylic acids is 1. The van der Waals surface area contributed by atoms with Crippen molar-refractivity contribution in [2.75, 3.05) is 0 Å². The van der Waals surface area contributed by atoms with Crippen molar-refractivity contribution >= 4 is 5.97 Å². The van der Waals surface area contributed by atoms with E-state index >= 15 is 0 Å². The van der Waals surface area contributed by atoms with E-state index in [1.807, 2.05) is 0 Å². The fourth-order valence-electron chi connectivity index (χ4n) is 0.765. The highest BCUT2D eigenvalue weighted by molar-refractivity contribution is 5.74. The third kappa shape index (κ3) is 7.81. The Morgan fingerprint density at radius 2 is 1.50 bits per heavy atom. The summed E-state index contributed by atoms with van der Waals surface area (Å²) in [7, 11) is 0. The number of aliphatic hydroxyl groups excluding tert-OH is 1. The second kappa shape index (κ2) is 8.72. The van der Waals surface area contributed by atoms with E-state index in [0.29, 0.717) is 0 Å². The zero-order valence-corrected chi connectivity index (χ0v) is 7.48. The molecule has 6 heteroatoms. The van der Waals surface area contributed by atoms with Crippen LogP contribution in [0.3, 0.4) is 0 Å². The molecule has 0 spiro atoms. The van der Waals surface area contributed by atoms with E-state index < -0.39 is 18.8 Å². The first kappa shape index (κ1) is 16.9. The van der Waals surface area contributed by atoms with Gasteiger partial charge in [-0.3, -0.25) is 0 Å². The Labute approximate surface area is 91.1 Å². The lowest BCUT2D eigenvalue weighted by Crippen LogP contribution is -2.05. The van der Waals surface area contributed by atoms with Crippen LogP contribution in [0.25, 0.3) is 0 Å². The molecule has 0 saturated carbocycles. The van der Waals surface area contributed by atoms with Crippen LogP contribution in [-0.4, -0.2) is 22.8 Å². The first-order valence-corrected chi connectivity index (χ1v) is 3.83. The Balaban J connectivity index is 0. The van der Waals surface area contributed by atoms with Gasteiger partial charge in [-0.25, -0.2) is 9.18 Å². The van der Waals surface area contributed by atoms with Gasteiger partial charge in [0.05, 0.1) is 0 Å². The molecule has 0 radical (unpaired) electrons. The van der Waals surface area contributed by atoms with E-state index in [2.05, 4.69) is 0 Å². The van der Waals surface area contributed by atoms with Gasteiger partial charge in [0, 0.05) is 0 Å². The summed E-state index contributed by atoms with van der Waals surface area (Å²) in [6.07, 6.45) is -1.91. The van der Waals surface area contributed by atoms with Crippen molar-refractivity contribution in [1.29, 1.82) is 0 Å². The summed E-state index contributed by atoms with van der Waals surface area (Å²) in [6, 6.07) is 7.80. The number of carboxylic acids is 1. The number of halogens is 3. The second-order valence-electron chi connectivity index (χ2n) is 2.39. The number of benzene rings is 1. The number of hydrogen-bond donors (Lipinski definition) is 2. The number of rotatable bonds is 2. The SMILES string of the molecule is C.O=C(O)C(F)c1ccccc1.OC(F)F. The molecule has 1 unspecified atom stereocenters. The molecular formula is C10H13F3O3. The van der Waals surface area contributed by atoms with Crippen molar-refractivity contribution in [2.24, 2.45) is 0 Å². The minimum atomic E-state index is -3.17. The maximum absolute atomic E-state index is 12.7. The van der Waals surface area contributed by atoms with Crippen molar-refractivity contribution < 1.29 is 28.2 Å². The van der Waals surface area contributed by atoms with Crippen LogP contribution in [0.15, 0.2) is 30.3 Å². The summed E-state index contributed by atoms with van der Waals surface area (Å²) < 4.78 is 32.4. The van der Waals surface area contributed by atoms with Crippen LogP contribution in [0.1, 0.15) is 19.2 Å². The molecule has 0 aliphatic heterocycles. The Hall–Kier alpha value is -1.56. The molecular weight excluding hydrogens is 225 g/mol. The van der Waals surface area contributed by atoms with Gasteiger partial charge in [-0.15, -0.1) is 0 Å². The topological polar surface area (TPSA) is 57.5 Å². The molecule has 2 N–H and O–H groups in total. The summed E-state index contributed by atoms with van der Waals surface area (Å²) in [4.78, 5) is 10.1. The quantitative estimate of drug-likeness (QED) is 0.832. The minimum absolute atomic E-state index is 0. The number of carbonyl (C=O) groups is 1. The smallest absolute Gasteiger partial charge is 0.343 e. The lowest BCUT2D eigenvalue weighted by Gasteiger charge is -2.00. The normalized spacial score (nSPS) is 10.8. The predicted molar refractivity (Wildman–Crippen MR) is 52.9 cm³/mol. The van der Waals surface area contributed by atoms with Crippen molar-refractivity contribution in [3.63, 3.8) is 0 Å². The highest BCUT2D eigenvalue weighted by Crippen LogP contribution is 2.15. The van der Waals surface area contributed by atoms with Gasteiger partial charge in [-0.2, -0.15) is 8.78 Å². The summed E-state index contributed by atoms with van der Waals surface area (Å²) >= 11 is 0. The molecule has 92 valence electrons. The zero-order valence-electron chi connectivity index (χ0n) is 7.48. The van der Waals surface area contributed by atoms with Crippen molar-refractivity contribution in [1.82, 2.24) is 0 Å². The molecule has 0 fully saturated rings. The van der Waals surface area contributed by atoms with E-state index in [1.165, 1.54) is 12.1 Å². The van der Waals surface area contributed by atoms with Gasteiger partial charge in [-0.1, -0.05) is 37.8 Å². The van der Waals surface area contributed by atoms with Crippen LogP contribution in [0.2, 0.25) is 0 Å². The van der Waals surface area contributed by atoms with E-state index in [9.17, 15) is 18.0 Å². The monoisotopic (exact) mass is 238 g/mol. The molecule has 1 rings (SSSR count). The third-order valence-electron chi connectivity index (χ3n) is 1.31. The van der Waals surface area contributed by atoms with Crippen LogP contribution >= 0.6 is 0 Å². The van der Waals surface area contributed by atoms with Crippen LogP contribution < -0.4 is 0 Å². The van der Waals surface area contributed by atoms with Gasteiger partial charge in [0.25, 0.3) is 0 Å². The Bertz CT molecular complexity index is 288. The molecule has 1 aromatic carbocycles. The standard InChI is InChI=1S/C8H7FO2.CH2F2O.CH4/c9-7(8(10)11)6-4-2-1-3-5-6;2-1(3)4;/h1-5,7H,(H,10,11);1,4H;1H4. The summed E-state index contributed by atoms with van der Waals surface area (Å²) in [5.74, 6) is -1.45. The second-order valence-corrected chi connectivity index (χ2v) is 2.39. The van der Waals surface area contributed by atoms with Crippen molar-refractivity contribution in [2.45, 2.75) is 20.2 Å². The molecule has 0 amide bonds. The van der Waals surface area contributed by atoms with E-state index in [-0.39, 0.29) is 13.0 Å². The average Bonchev–Trinajstić information content (AvgIpc) is 2.17. The van der Waals surface area contributed by atoms with Crippen molar-refractivity contribution in [3.05, 3.63) is 35.9 Å². The fourth-order valence-corrected chi connectivity index (χ4v) is 0.765.